The Morgan fingerprint density at radius 3 is 2.85 bits per heavy atom. The van der Waals surface area contributed by atoms with Gasteiger partial charge in [0.15, 0.2) is 12.6 Å². The van der Waals surface area contributed by atoms with Gasteiger partial charge in [0.2, 0.25) is 0 Å². The Morgan fingerprint density at radius 2 is 2.05 bits per heavy atom. The summed E-state index contributed by atoms with van der Waals surface area (Å²) in [5.74, 6) is 2.42. The maximum absolute atomic E-state index is 5.90. The smallest absolute Gasteiger partial charge is 0.184 e. The van der Waals surface area contributed by atoms with Gasteiger partial charge in [0.1, 0.15) is 18.8 Å². The number of hydrogen-bond donors (Lipinski definition) is 0. The summed E-state index contributed by atoms with van der Waals surface area (Å²) in [4.78, 5) is 0. The molecule has 0 spiro atoms. The lowest BCUT2D eigenvalue weighted by molar-refractivity contribution is -0.282. The average Bonchev–Trinajstić information content (AvgIpc) is 2.53. The van der Waals surface area contributed by atoms with Crippen molar-refractivity contribution in [2.24, 2.45) is 0 Å². The van der Waals surface area contributed by atoms with E-state index in [4.69, 9.17) is 25.4 Å². The lowest BCUT2D eigenvalue weighted by atomic mass is 10.1. The zero-order valence-corrected chi connectivity index (χ0v) is 11.0. The highest BCUT2D eigenvalue weighted by Crippen LogP contribution is 2.30. The summed E-state index contributed by atoms with van der Waals surface area (Å²) in [5.41, 5.74) is 1.00. The zero-order chi connectivity index (χ0) is 13.8. The zero-order valence-electron chi connectivity index (χ0n) is 11.0. The minimum absolute atomic E-state index is 0.125. The highest BCUT2D eigenvalue weighted by Gasteiger charge is 2.35. The quantitative estimate of drug-likeness (QED) is 0.623. The summed E-state index contributed by atoms with van der Waals surface area (Å²) in [6.45, 7) is 0.686. The third kappa shape index (κ3) is 2.92. The van der Waals surface area contributed by atoms with E-state index in [2.05, 4.69) is 5.92 Å². The number of hydrogen-bond acceptors (Lipinski definition) is 4. The molecular weight excluding hydrogens is 256 g/mol. The first-order chi connectivity index (χ1) is 9.86. The molecule has 0 saturated carbocycles. The molecule has 1 unspecified atom stereocenters. The largest absolute Gasteiger partial charge is 0.346 e. The normalized spacial score (nSPS) is 32.4. The van der Waals surface area contributed by atoms with Crippen LogP contribution in [-0.2, 0) is 18.9 Å². The summed E-state index contributed by atoms with van der Waals surface area (Å²) in [7, 11) is 0. The summed E-state index contributed by atoms with van der Waals surface area (Å²) >= 11 is 0. The molecule has 0 aromatic heterocycles. The van der Waals surface area contributed by atoms with Crippen molar-refractivity contribution in [2.75, 3.05) is 13.2 Å². The van der Waals surface area contributed by atoms with Gasteiger partial charge in [0, 0.05) is 5.56 Å². The van der Waals surface area contributed by atoms with Gasteiger partial charge in [-0.25, -0.2) is 0 Å². The molecule has 0 radical (unpaired) electrons. The van der Waals surface area contributed by atoms with E-state index in [9.17, 15) is 0 Å². The molecule has 2 heterocycles. The van der Waals surface area contributed by atoms with Crippen molar-refractivity contribution in [3.63, 3.8) is 0 Å². The van der Waals surface area contributed by atoms with Crippen molar-refractivity contribution in [3.8, 4) is 12.3 Å². The van der Waals surface area contributed by atoms with E-state index in [1.807, 2.05) is 42.5 Å². The summed E-state index contributed by atoms with van der Waals surface area (Å²) < 4.78 is 22.7. The van der Waals surface area contributed by atoms with Crippen LogP contribution in [0.4, 0.5) is 0 Å². The van der Waals surface area contributed by atoms with Crippen LogP contribution in [0.15, 0.2) is 42.5 Å². The predicted molar refractivity (Wildman–Crippen MR) is 72.6 cm³/mol. The maximum Gasteiger partial charge on any atom is 0.184 e. The van der Waals surface area contributed by atoms with Crippen molar-refractivity contribution in [3.05, 3.63) is 48.0 Å². The van der Waals surface area contributed by atoms with Crippen molar-refractivity contribution in [2.45, 2.75) is 24.8 Å². The van der Waals surface area contributed by atoms with E-state index in [1.165, 1.54) is 0 Å². The van der Waals surface area contributed by atoms with E-state index in [0.717, 1.165) is 5.56 Å². The highest BCUT2D eigenvalue weighted by atomic mass is 16.7. The van der Waals surface area contributed by atoms with Gasteiger partial charge in [-0.2, -0.15) is 0 Å². The minimum atomic E-state index is -0.423. The molecule has 4 nitrogen and oxygen atoms in total. The fraction of sp³-hybridized carbons (Fsp3) is 0.375. The van der Waals surface area contributed by atoms with Crippen LogP contribution in [0.5, 0.6) is 0 Å². The molecule has 1 saturated heterocycles. The summed E-state index contributed by atoms with van der Waals surface area (Å²) in [6, 6.07) is 9.86. The van der Waals surface area contributed by atoms with Gasteiger partial charge in [-0.3, -0.25) is 0 Å². The fourth-order valence-electron chi connectivity index (χ4n) is 2.26. The maximum atomic E-state index is 5.90. The number of rotatable bonds is 3. The van der Waals surface area contributed by atoms with Gasteiger partial charge in [0.05, 0.1) is 6.61 Å². The van der Waals surface area contributed by atoms with Crippen molar-refractivity contribution in [1.82, 2.24) is 0 Å². The van der Waals surface area contributed by atoms with Crippen LogP contribution in [0.3, 0.4) is 0 Å². The van der Waals surface area contributed by atoms with Crippen LogP contribution < -0.4 is 0 Å². The first kappa shape index (κ1) is 13.3. The predicted octanol–water partition coefficient (Wildman–Crippen LogP) is 2.03. The van der Waals surface area contributed by atoms with Gasteiger partial charge in [-0.1, -0.05) is 42.3 Å². The molecule has 4 heteroatoms. The Kier molecular flexibility index (Phi) is 4.14. The van der Waals surface area contributed by atoms with Crippen LogP contribution in [-0.4, -0.2) is 31.7 Å². The second kappa shape index (κ2) is 6.21. The molecule has 2 aliphatic rings. The Hall–Kier alpha value is -1.64. The molecular formula is C16H16O4. The van der Waals surface area contributed by atoms with Crippen LogP contribution in [0.25, 0.3) is 0 Å². The number of ether oxygens (including phenoxy) is 4. The minimum Gasteiger partial charge on any atom is -0.346 e. The molecule has 4 atom stereocenters. The Morgan fingerprint density at radius 1 is 1.20 bits per heavy atom. The molecule has 0 aliphatic carbocycles. The Bertz CT molecular complexity index is 505. The monoisotopic (exact) mass is 272 g/mol. The third-order valence-corrected chi connectivity index (χ3v) is 3.23. The second-order valence-corrected chi connectivity index (χ2v) is 4.62. The molecule has 1 aromatic rings. The first-order valence-electron chi connectivity index (χ1n) is 6.57. The summed E-state index contributed by atoms with van der Waals surface area (Å²) in [5, 5.41) is 0. The van der Waals surface area contributed by atoms with Gasteiger partial charge in [-0.15, -0.1) is 6.42 Å². The molecule has 20 heavy (non-hydrogen) atoms. The van der Waals surface area contributed by atoms with Crippen LogP contribution in [0.1, 0.15) is 11.9 Å². The van der Waals surface area contributed by atoms with E-state index in [0.29, 0.717) is 6.61 Å². The van der Waals surface area contributed by atoms with Crippen LogP contribution in [0.2, 0.25) is 0 Å². The topological polar surface area (TPSA) is 36.9 Å². The molecule has 1 aromatic carbocycles. The fourth-order valence-corrected chi connectivity index (χ4v) is 2.26. The lowest BCUT2D eigenvalue weighted by Gasteiger charge is -2.38. The van der Waals surface area contributed by atoms with E-state index in [-0.39, 0.29) is 25.1 Å². The Balaban J connectivity index is 1.64. The van der Waals surface area contributed by atoms with Crippen molar-refractivity contribution >= 4 is 0 Å². The Labute approximate surface area is 118 Å². The molecule has 3 rings (SSSR count). The lowest BCUT2D eigenvalue weighted by Crippen LogP contribution is -2.45. The van der Waals surface area contributed by atoms with Crippen LogP contribution >= 0.6 is 0 Å². The second-order valence-electron chi connectivity index (χ2n) is 4.62. The van der Waals surface area contributed by atoms with Gasteiger partial charge < -0.3 is 18.9 Å². The standard InChI is InChI=1S/C16H16O4/c1-2-10-17-15-9-8-13-14(19-15)11-18-16(20-13)12-6-4-3-5-7-12/h1,3-9,13-16H,10-11H2/t13-,14+,15-,16?/m0/s1. The van der Waals surface area contributed by atoms with Gasteiger partial charge >= 0.3 is 0 Å². The van der Waals surface area contributed by atoms with Crippen molar-refractivity contribution < 1.29 is 18.9 Å². The molecule has 0 bridgehead atoms. The average molecular weight is 272 g/mol. The van der Waals surface area contributed by atoms with Crippen LogP contribution in [0, 0.1) is 12.3 Å². The molecule has 0 amide bonds. The molecule has 0 N–H and O–H groups in total. The number of terminal acetylenes is 1. The van der Waals surface area contributed by atoms with Crippen molar-refractivity contribution in [1.29, 1.82) is 0 Å². The first-order valence-corrected chi connectivity index (χ1v) is 6.57. The molecule has 104 valence electrons. The molecule has 1 fully saturated rings. The van der Waals surface area contributed by atoms with Gasteiger partial charge in [-0.05, 0) is 6.08 Å². The molecule has 2 aliphatic heterocycles. The summed E-state index contributed by atoms with van der Waals surface area (Å²) in [6.07, 6.45) is 7.87. The van der Waals surface area contributed by atoms with E-state index < -0.39 is 6.29 Å². The van der Waals surface area contributed by atoms with E-state index in [1.54, 1.807) is 0 Å². The number of fused-ring (bicyclic) bond motifs is 1. The van der Waals surface area contributed by atoms with E-state index >= 15 is 0 Å². The van der Waals surface area contributed by atoms with Gasteiger partial charge in [0.25, 0.3) is 0 Å². The number of benzene rings is 1. The third-order valence-electron chi connectivity index (χ3n) is 3.23. The SMILES string of the molecule is C#CCO[C@@H]1C=C[C@@H]2OC(c3ccccc3)OC[C@H]2O1. The highest BCUT2D eigenvalue weighted by molar-refractivity contribution is 5.17.